The van der Waals surface area contributed by atoms with Gasteiger partial charge in [0.25, 0.3) is 0 Å². The highest BCUT2D eigenvalue weighted by atomic mass is 32.2. The van der Waals surface area contributed by atoms with Crippen LogP contribution in [0.15, 0.2) is 11.1 Å². The zero-order valence-electron chi connectivity index (χ0n) is 9.95. The summed E-state index contributed by atoms with van der Waals surface area (Å²) in [7, 11) is 1.63. The van der Waals surface area contributed by atoms with E-state index in [0.29, 0.717) is 10.7 Å². The second kappa shape index (κ2) is 5.30. The van der Waals surface area contributed by atoms with Gasteiger partial charge in [0.2, 0.25) is 0 Å². The summed E-state index contributed by atoms with van der Waals surface area (Å²) in [5.74, 6) is 0. The number of halogens is 3. The van der Waals surface area contributed by atoms with Crippen molar-refractivity contribution < 1.29 is 13.2 Å². The van der Waals surface area contributed by atoms with Crippen LogP contribution in [0.25, 0.3) is 0 Å². The van der Waals surface area contributed by atoms with Gasteiger partial charge in [-0.2, -0.15) is 18.3 Å². The van der Waals surface area contributed by atoms with E-state index < -0.39 is 17.5 Å². The minimum absolute atomic E-state index is 0.286. The first-order valence-electron chi connectivity index (χ1n) is 5.25. The Morgan fingerprint density at radius 3 is 2.47 bits per heavy atom. The fraction of sp³-hybridized carbons (Fsp3) is 0.700. The molecule has 98 valence electrons. The van der Waals surface area contributed by atoms with Gasteiger partial charge >= 0.3 is 6.18 Å². The van der Waals surface area contributed by atoms with Crippen LogP contribution in [0.4, 0.5) is 13.2 Å². The van der Waals surface area contributed by atoms with Crippen molar-refractivity contribution in [3.8, 4) is 0 Å². The van der Waals surface area contributed by atoms with E-state index >= 15 is 0 Å². The second-order valence-electron chi connectivity index (χ2n) is 3.90. The number of hydrogen-bond donors (Lipinski definition) is 1. The Morgan fingerprint density at radius 2 is 2.12 bits per heavy atom. The molecule has 1 aromatic heterocycles. The van der Waals surface area contributed by atoms with Gasteiger partial charge in [0.1, 0.15) is 5.25 Å². The predicted octanol–water partition coefficient (Wildman–Crippen LogP) is 2.49. The van der Waals surface area contributed by atoms with Gasteiger partial charge in [-0.05, 0) is 19.4 Å². The van der Waals surface area contributed by atoms with E-state index in [1.54, 1.807) is 27.0 Å². The fourth-order valence-electron chi connectivity index (χ4n) is 1.44. The molecule has 2 unspecified atom stereocenters. The van der Waals surface area contributed by atoms with Gasteiger partial charge in [0, 0.05) is 13.1 Å². The van der Waals surface area contributed by atoms with Crippen LogP contribution in [0.3, 0.4) is 0 Å². The van der Waals surface area contributed by atoms with Crippen LogP contribution in [0.5, 0.6) is 0 Å². The van der Waals surface area contributed by atoms with Crippen LogP contribution in [0.2, 0.25) is 0 Å². The molecule has 0 bridgehead atoms. The SMILES string of the molecule is CCC(N)C(Sc1cc(C)nn1C)C(F)(F)F. The number of hydrogen-bond acceptors (Lipinski definition) is 3. The molecule has 0 amide bonds. The predicted molar refractivity (Wildman–Crippen MR) is 61.9 cm³/mol. The van der Waals surface area contributed by atoms with Crippen LogP contribution < -0.4 is 5.73 Å². The van der Waals surface area contributed by atoms with Crippen LogP contribution in [-0.2, 0) is 7.05 Å². The van der Waals surface area contributed by atoms with Crippen LogP contribution >= 0.6 is 11.8 Å². The van der Waals surface area contributed by atoms with Crippen LogP contribution in [0, 0.1) is 6.92 Å². The van der Waals surface area contributed by atoms with Gasteiger partial charge in [0.05, 0.1) is 10.7 Å². The normalized spacial score (nSPS) is 15.9. The van der Waals surface area contributed by atoms with Crippen molar-refractivity contribution in [3.63, 3.8) is 0 Å². The third-order valence-corrected chi connectivity index (χ3v) is 3.88. The lowest BCUT2D eigenvalue weighted by Gasteiger charge is -2.24. The lowest BCUT2D eigenvalue weighted by atomic mass is 10.1. The average molecular weight is 267 g/mol. The van der Waals surface area contributed by atoms with E-state index in [0.717, 1.165) is 11.8 Å². The number of rotatable bonds is 4. The third kappa shape index (κ3) is 3.64. The van der Waals surface area contributed by atoms with Gasteiger partial charge in [-0.3, -0.25) is 4.68 Å². The Labute approximate surface area is 103 Å². The maximum absolute atomic E-state index is 12.9. The Kier molecular flexibility index (Phi) is 4.48. The topological polar surface area (TPSA) is 43.8 Å². The summed E-state index contributed by atoms with van der Waals surface area (Å²) in [5, 5.41) is 2.90. The fourth-order valence-corrected chi connectivity index (χ4v) is 2.63. The Hall–Kier alpha value is -0.690. The molecular formula is C10H16F3N3S. The molecule has 2 atom stereocenters. The van der Waals surface area contributed by atoms with Crippen molar-refractivity contribution in [1.29, 1.82) is 0 Å². The Morgan fingerprint density at radius 1 is 1.53 bits per heavy atom. The molecule has 7 heteroatoms. The van der Waals surface area contributed by atoms with Crippen LogP contribution in [-0.4, -0.2) is 27.2 Å². The molecule has 0 saturated heterocycles. The molecule has 17 heavy (non-hydrogen) atoms. The van der Waals surface area contributed by atoms with Crippen molar-refractivity contribution in [2.45, 2.75) is 42.8 Å². The number of nitrogens with zero attached hydrogens (tertiary/aromatic N) is 2. The Bertz CT molecular complexity index is 375. The summed E-state index contributed by atoms with van der Waals surface area (Å²) < 4.78 is 40.0. The highest BCUT2D eigenvalue weighted by molar-refractivity contribution is 8.00. The number of thioether (sulfide) groups is 1. The molecule has 0 aliphatic rings. The number of alkyl halides is 3. The maximum Gasteiger partial charge on any atom is 0.402 e. The van der Waals surface area contributed by atoms with E-state index in [1.807, 2.05) is 0 Å². The molecule has 0 fully saturated rings. The summed E-state index contributed by atoms with van der Waals surface area (Å²) in [6.07, 6.45) is -4.02. The molecule has 0 aliphatic heterocycles. The molecule has 0 radical (unpaired) electrons. The molecule has 0 spiro atoms. The van der Waals surface area contributed by atoms with E-state index in [2.05, 4.69) is 5.10 Å². The zero-order chi connectivity index (χ0) is 13.2. The van der Waals surface area contributed by atoms with E-state index in [-0.39, 0.29) is 6.42 Å². The molecule has 1 heterocycles. The molecule has 0 aromatic carbocycles. The van der Waals surface area contributed by atoms with Crippen molar-refractivity contribution in [2.24, 2.45) is 12.8 Å². The van der Waals surface area contributed by atoms with Crippen molar-refractivity contribution in [1.82, 2.24) is 9.78 Å². The van der Waals surface area contributed by atoms with Gasteiger partial charge in [0.15, 0.2) is 0 Å². The summed E-state index contributed by atoms with van der Waals surface area (Å²) >= 11 is 0.726. The quantitative estimate of drug-likeness (QED) is 0.852. The van der Waals surface area contributed by atoms with Gasteiger partial charge in [-0.25, -0.2) is 0 Å². The largest absolute Gasteiger partial charge is 0.402 e. The third-order valence-electron chi connectivity index (χ3n) is 2.39. The Balaban J connectivity index is 2.91. The summed E-state index contributed by atoms with van der Waals surface area (Å²) in [6.45, 7) is 3.39. The molecule has 3 nitrogen and oxygen atoms in total. The monoisotopic (exact) mass is 267 g/mol. The second-order valence-corrected chi connectivity index (χ2v) is 5.06. The molecule has 0 saturated carbocycles. The number of nitrogens with two attached hydrogens (primary N) is 1. The van der Waals surface area contributed by atoms with Gasteiger partial charge in [-0.15, -0.1) is 0 Å². The smallest absolute Gasteiger partial charge is 0.326 e. The van der Waals surface area contributed by atoms with Gasteiger partial charge in [-0.1, -0.05) is 18.7 Å². The molecule has 1 aromatic rings. The summed E-state index contributed by atoms with van der Waals surface area (Å²) in [6, 6.07) is 0.724. The van der Waals surface area contributed by atoms with E-state index in [1.165, 1.54) is 4.68 Å². The van der Waals surface area contributed by atoms with Crippen LogP contribution in [0.1, 0.15) is 19.0 Å². The van der Waals surface area contributed by atoms with E-state index in [4.69, 9.17) is 5.73 Å². The molecular weight excluding hydrogens is 251 g/mol. The standard InChI is InChI=1S/C10H16F3N3S/c1-4-7(14)9(10(11,12)13)17-8-5-6(2)15-16(8)3/h5,7,9H,4,14H2,1-3H3. The summed E-state index contributed by atoms with van der Waals surface area (Å²) in [5.41, 5.74) is 6.23. The maximum atomic E-state index is 12.9. The average Bonchev–Trinajstić information content (AvgIpc) is 2.51. The van der Waals surface area contributed by atoms with Crippen molar-refractivity contribution in [2.75, 3.05) is 0 Å². The minimum atomic E-state index is -4.31. The lowest BCUT2D eigenvalue weighted by molar-refractivity contribution is -0.132. The molecule has 1 rings (SSSR count). The van der Waals surface area contributed by atoms with Gasteiger partial charge < -0.3 is 5.73 Å². The summed E-state index contributed by atoms with van der Waals surface area (Å²) in [4.78, 5) is 0. The highest BCUT2D eigenvalue weighted by Crippen LogP contribution is 2.37. The van der Waals surface area contributed by atoms with Crippen molar-refractivity contribution in [3.05, 3.63) is 11.8 Å². The lowest BCUT2D eigenvalue weighted by Crippen LogP contribution is -2.42. The first-order valence-corrected chi connectivity index (χ1v) is 6.13. The van der Waals surface area contributed by atoms with Crippen molar-refractivity contribution >= 4 is 11.8 Å². The first kappa shape index (κ1) is 14.4. The highest BCUT2D eigenvalue weighted by Gasteiger charge is 2.44. The van der Waals surface area contributed by atoms with E-state index in [9.17, 15) is 13.2 Å². The molecule has 0 aliphatic carbocycles. The first-order chi connectivity index (χ1) is 7.75. The number of aryl methyl sites for hydroxylation is 2. The molecule has 2 N–H and O–H groups in total. The zero-order valence-corrected chi connectivity index (χ0v) is 10.8. The minimum Gasteiger partial charge on any atom is -0.326 e. The number of aromatic nitrogens is 2.